The molecule has 1 aromatic heterocycles. The first kappa shape index (κ1) is 26.7. The summed E-state index contributed by atoms with van der Waals surface area (Å²) in [6.45, 7) is 1.94. The van der Waals surface area contributed by atoms with E-state index >= 15 is 0 Å². The standard InChI is InChI=1S/C30H20BrCl2N3O3/c1-17-9-11-18(12-10-17)30(38)39-25-14-13-20(31)15-19(25)16-34-36-29(37)28-26(21-5-2-3-7-23(21)32)22-6-4-8-24(33)27(22)35-28/h2-16,35H,1H3,(H,36,37). The van der Waals surface area contributed by atoms with Gasteiger partial charge < -0.3 is 9.72 Å². The van der Waals surface area contributed by atoms with E-state index < -0.39 is 11.9 Å². The molecule has 194 valence electrons. The van der Waals surface area contributed by atoms with Gasteiger partial charge in [0.1, 0.15) is 11.4 Å². The lowest BCUT2D eigenvalue weighted by Crippen LogP contribution is -2.19. The Bertz CT molecular complexity index is 1750. The zero-order valence-corrected chi connectivity index (χ0v) is 23.6. The number of hydrazone groups is 1. The molecule has 0 bridgehead atoms. The molecule has 9 heteroatoms. The summed E-state index contributed by atoms with van der Waals surface area (Å²) in [5, 5.41) is 5.85. The molecule has 39 heavy (non-hydrogen) atoms. The number of fused-ring (bicyclic) bond motifs is 1. The Kier molecular flexibility index (Phi) is 7.84. The van der Waals surface area contributed by atoms with E-state index in [2.05, 4.69) is 31.4 Å². The first-order valence-electron chi connectivity index (χ1n) is 11.8. The third-order valence-corrected chi connectivity index (χ3v) is 7.12. The van der Waals surface area contributed by atoms with Crippen molar-refractivity contribution in [2.75, 3.05) is 0 Å². The van der Waals surface area contributed by atoms with E-state index in [-0.39, 0.29) is 11.4 Å². The van der Waals surface area contributed by atoms with Crippen molar-refractivity contribution in [3.05, 3.63) is 122 Å². The van der Waals surface area contributed by atoms with Crippen LogP contribution >= 0.6 is 39.1 Å². The molecule has 0 saturated heterocycles. The van der Waals surface area contributed by atoms with Gasteiger partial charge in [0, 0.05) is 31.6 Å². The second-order valence-electron chi connectivity index (χ2n) is 8.65. The van der Waals surface area contributed by atoms with Gasteiger partial charge in [0.2, 0.25) is 0 Å². The van der Waals surface area contributed by atoms with Crippen molar-refractivity contribution in [1.82, 2.24) is 10.4 Å². The van der Waals surface area contributed by atoms with Gasteiger partial charge in [0.25, 0.3) is 5.91 Å². The molecule has 0 aliphatic heterocycles. The predicted octanol–water partition coefficient (Wildman–Crippen LogP) is 8.20. The average Bonchev–Trinajstić information content (AvgIpc) is 3.31. The van der Waals surface area contributed by atoms with Crippen molar-refractivity contribution in [3.63, 3.8) is 0 Å². The summed E-state index contributed by atoms with van der Waals surface area (Å²) in [7, 11) is 0. The normalized spacial score (nSPS) is 11.2. The van der Waals surface area contributed by atoms with Crippen LogP contribution in [0.25, 0.3) is 22.0 Å². The Labute approximate surface area is 242 Å². The minimum atomic E-state index is -0.504. The average molecular weight is 621 g/mol. The fourth-order valence-electron chi connectivity index (χ4n) is 4.07. The Balaban J connectivity index is 1.43. The van der Waals surface area contributed by atoms with Crippen molar-refractivity contribution in [2.24, 2.45) is 5.10 Å². The maximum Gasteiger partial charge on any atom is 0.343 e. The van der Waals surface area contributed by atoms with Gasteiger partial charge in [-0.05, 0) is 49.4 Å². The van der Waals surface area contributed by atoms with Crippen LogP contribution in [0.4, 0.5) is 0 Å². The maximum absolute atomic E-state index is 13.3. The number of amides is 1. The number of rotatable bonds is 6. The topological polar surface area (TPSA) is 83.5 Å². The van der Waals surface area contributed by atoms with Crippen LogP contribution in [0.1, 0.15) is 32.0 Å². The Morgan fingerprint density at radius 2 is 1.69 bits per heavy atom. The molecular weight excluding hydrogens is 601 g/mol. The number of nitrogens with zero attached hydrogens (tertiary/aromatic N) is 1. The highest BCUT2D eigenvalue weighted by atomic mass is 79.9. The molecule has 0 spiro atoms. The number of aromatic nitrogens is 1. The van der Waals surface area contributed by atoms with E-state index in [1.165, 1.54) is 6.21 Å². The second-order valence-corrected chi connectivity index (χ2v) is 10.4. The van der Waals surface area contributed by atoms with Crippen molar-refractivity contribution >= 4 is 68.1 Å². The first-order chi connectivity index (χ1) is 18.8. The van der Waals surface area contributed by atoms with Gasteiger partial charge in [-0.15, -0.1) is 0 Å². The second kappa shape index (κ2) is 11.5. The SMILES string of the molecule is Cc1ccc(C(=O)Oc2ccc(Br)cc2C=NNC(=O)c2[nH]c3c(Cl)cccc3c2-c2ccccc2Cl)cc1. The van der Waals surface area contributed by atoms with Gasteiger partial charge >= 0.3 is 5.97 Å². The maximum atomic E-state index is 13.3. The number of benzene rings is 4. The van der Waals surface area contributed by atoms with Crippen molar-refractivity contribution in [1.29, 1.82) is 0 Å². The molecule has 0 aliphatic rings. The van der Waals surface area contributed by atoms with Crippen LogP contribution in [0.5, 0.6) is 5.75 Å². The van der Waals surface area contributed by atoms with Crippen LogP contribution in [0.2, 0.25) is 10.0 Å². The number of hydrogen-bond acceptors (Lipinski definition) is 4. The third-order valence-electron chi connectivity index (χ3n) is 5.98. The molecule has 4 aromatic carbocycles. The Hall–Kier alpha value is -3.91. The molecule has 0 unspecified atom stereocenters. The number of carbonyl (C=O) groups excluding carboxylic acids is 2. The van der Waals surface area contributed by atoms with Gasteiger partial charge in [0.15, 0.2) is 0 Å². The largest absolute Gasteiger partial charge is 0.422 e. The number of nitrogens with one attached hydrogen (secondary N) is 2. The lowest BCUT2D eigenvalue weighted by atomic mass is 10.0. The zero-order valence-electron chi connectivity index (χ0n) is 20.5. The zero-order chi connectivity index (χ0) is 27.5. The smallest absolute Gasteiger partial charge is 0.343 e. The van der Waals surface area contributed by atoms with Gasteiger partial charge in [-0.2, -0.15) is 5.10 Å². The highest BCUT2D eigenvalue weighted by molar-refractivity contribution is 9.10. The molecule has 0 radical (unpaired) electrons. The van der Waals surface area contributed by atoms with Crippen LogP contribution in [0.15, 0.2) is 94.5 Å². The fourth-order valence-corrected chi connectivity index (χ4v) is 4.90. The van der Waals surface area contributed by atoms with Crippen molar-refractivity contribution in [3.8, 4) is 16.9 Å². The van der Waals surface area contributed by atoms with E-state index in [4.69, 9.17) is 27.9 Å². The summed E-state index contributed by atoms with van der Waals surface area (Å²) in [5.41, 5.74) is 6.65. The van der Waals surface area contributed by atoms with E-state index in [1.54, 1.807) is 42.5 Å². The number of halogens is 3. The molecule has 0 saturated carbocycles. The number of esters is 1. The number of aromatic amines is 1. The van der Waals surface area contributed by atoms with Gasteiger partial charge in [-0.25, -0.2) is 10.2 Å². The number of H-pyrrole nitrogens is 1. The molecule has 0 atom stereocenters. The lowest BCUT2D eigenvalue weighted by Gasteiger charge is -2.09. The highest BCUT2D eigenvalue weighted by Crippen LogP contribution is 2.38. The number of hydrogen-bond donors (Lipinski definition) is 2. The third kappa shape index (κ3) is 5.76. The van der Waals surface area contributed by atoms with E-state index in [0.29, 0.717) is 37.8 Å². The molecule has 1 heterocycles. The number of para-hydroxylation sites is 1. The Morgan fingerprint density at radius 3 is 2.46 bits per heavy atom. The summed E-state index contributed by atoms with van der Waals surface area (Å²) in [4.78, 5) is 29.1. The van der Waals surface area contributed by atoms with E-state index in [0.717, 1.165) is 15.4 Å². The fraction of sp³-hybridized carbons (Fsp3) is 0.0333. The summed E-state index contributed by atoms with van der Waals surface area (Å²) in [6.07, 6.45) is 1.41. The molecule has 2 N–H and O–H groups in total. The Morgan fingerprint density at radius 1 is 0.949 bits per heavy atom. The molecule has 0 fully saturated rings. The van der Waals surface area contributed by atoms with Crippen molar-refractivity contribution < 1.29 is 14.3 Å². The molecule has 6 nitrogen and oxygen atoms in total. The van der Waals surface area contributed by atoms with Gasteiger partial charge in [0.05, 0.1) is 22.3 Å². The molecule has 5 rings (SSSR count). The predicted molar refractivity (Wildman–Crippen MR) is 159 cm³/mol. The van der Waals surface area contributed by atoms with Crippen LogP contribution < -0.4 is 10.2 Å². The highest BCUT2D eigenvalue weighted by Gasteiger charge is 2.22. The van der Waals surface area contributed by atoms with Crippen LogP contribution in [0, 0.1) is 6.92 Å². The van der Waals surface area contributed by atoms with Crippen molar-refractivity contribution in [2.45, 2.75) is 6.92 Å². The number of ether oxygens (including phenoxy) is 1. The molecular formula is C30H20BrCl2N3O3. The number of aryl methyl sites for hydroxylation is 1. The summed E-state index contributed by atoms with van der Waals surface area (Å²) in [5.74, 6) is -0.715. The quantitative estimate of drug-likeness (QED) is 0.0868. The summed E-state index contributed by atoms with van der Waals surface area (Å²) >= 11 is 16.3. The van der Waals surface area contributed by atoms with Crippen LogP contribution in [-0.2, 0) is 0 Å². The number of carbonyl (C=O) groups is 2. The monoisotopic (exact) mass is 619 g/mol. The van der Waals surface area contributed by atoms with Crippen LogP contribution in [-0.4, -0.2) is 23.1 Å². The lowest BCUT2D eigenvalue weighted by molar-refractivity contribution is 0.0734. The summed E-state index contributed by atoms with van der Waals surface area (Å²) < 4.78 is 6.36. The minimum absolute atomic E-state index is 0.253. The molecule has 1 amide bonds. The molecule has 0 aliphatic carbocycles. The summed E-state index contributed by atoms with van der Waals surface area (Å²) in [6, 6.07) is 24.9. The van der Waals surface area contributed by atoms with E-state index in [1.807, 2.05) is 49.4 Å². The van der Waals surface area contributed by atoms with E-state index in [9.17, 15) is 9.59 Å². The molecule has 5 aromatic rings. The van der Waals surface area contributed by atoms with Crippen LogP contribution in [0.3, 0.4) is 0 Å². The first-order valence-corrected chi connectivity index (χ1v) is 13.3. The van der Waals surface area contributed by atoms with Gasteiger partial charge in [-0.3, -0.25) is 4.79 Å². The van der Waals surface area contributed by atoms with Gasteiger partial charge in [-0.1, -0.05) is 87.2 Å². The minimum Gasteiger partial charge on any atom is -0.422 e.